The monoisotopic (exact) mass is 410 g/mol. The van der Waals surface area contributed by atoms with Crippen molar-refractivity contribution in [1.29, 1.82) is 0 Å². The number of rotatable bonds is 5. The van der Waals surface area contributed by atoms with Gasteiger partial charge in [-0.15, -0.1) is 0 Å². The third-order valence-corrected chi connectivity index (χ3v) is 4.56. The van der Waals surface area contributed by atoms with E-state index in [-0.39, 0.29) is 5.56 Å². The number of aromatic amines is 1. The summed E-state index contributed by atoms with van der Waals surface area (Å²) in [5, 5.41) is 0. The van der Waals surface area contributed by atoms with E-state index in [0.29, 0.717) is 17.8 Å². The Morgan fingerprint density at radius 3 is 2.58 bits per heavy atom. The average Bonchev–Trinajstić information content (AvgIpc) is 2.63. The molecule has 3 rings (SSSR count). The van der Waals surface area contributed by atoms with E-state index < -0.39 is 0 Å². The molecule has 1 N–H and O–H groups in total. The van der Waals surface area contributed by atoms with Crippen molar-refractivity contribution in [2.75, 3.05) is 7.11 Å². The Balaban J connectivity index is 1.82. The number of aryl methyl sites for hydroxylation is 1. The SMILES string of the molecule is COc1ccc(Cc2c(C)nc(/C=C/c3cccc(Br)c3)[nH]c2=O)cc1. The standard InChI is InChI=1S/C21H19BrN2O2/c1-14-19(13-16-6-9-18(26-2)10-7-16)21(25)24-20(23-14)11-8-15-4-3-5-17(22)12-15/h3-12H,13H2,1-2H3,(H,23,24,25)/b11-8+. The lowest BCUT2D eigenvalue weighted by Gasteiger charge is -2.07. The summed E-state index contributed by atoms with van der Waals surface area (Å²) >= 11 is 3.45. The minimum Gasteiger partial charge on any atom is -0.497 e. The van der Waals surface area contributed by atoms with E-state index in [1.807, 2.05) is 67.6 Å². The molecule has 1 aromatic heterocycles. The summed E-state index contributed by atoms with van der Waals surface area (Å²) in [7, 11) is 1.63. The van der Waals surface area contributed by atoms with Gasteiger partial charge in [-0.1, -0.05) is 46.3 Å². The largest absolute Gasteiger partial charge is 0.497 e. The first-order chi connectivity index (χ1) is 12.5. The van der Waals surface area contributed by atoms with Crippen molar-refractivity contribution in [2.24, 2.45) is 0 Å². The van der Waals surface area contributed by atoms with Gasteiger partial charge >= 0.3 is 0 Å². The molecule has 5 heteroatoms. The van der Waals surface area contributed by atoms with Gasteiger partial charge in [0.15, 0.2) is 0 Å². The van der Waals surface area contributed by atoms with Gasteiger partial charge in [0.1, 0.15) is 11.6 Å². The first-order valence-corrected chi connectivity index (χ1v) is 9.01. The number of hydrogen-bond acceptors (Lipinski definition) is 3. The number of benzene rings is 2. The summed E-state index contributed by atoms with van der Waals surface area (Å²) < 4.78 is 6.17. The zero-order valence-corrected chi connectivity index (χ0v) is 16.2. The highest BCUT2D eigenvalue weighted by Gasteiger charge is 2.08. The van der Waals surface area contributed by atoms with Crippen LogP contribution in [0.15, 0.2) is 57.8 Å². The zero-order valence-electron chi connectivity index (χ0n) is 14.6. The maximum absolute atomic E-state index is 12.5. The molecule has 0 aliphatic rings. The van der Waals surface area contributed by atoms with Gasteiger partial charge < -0.3 is 9.72 Å². The molecule has 0 aliphatic heterocycles. The highest BCUT2D eigenvalue weighted by molar-refractivity contribution is 9.10. The Bertz CT molecular complexity index is 992. The van der Waals surface area contributed by atoms with Gasteiger partial charge in [0.05, 0.1) is 7.11 Å². The van der Waals surface area contributed by atoms with Crippen LogP contribution in [0.25, 0.3) is 12.2 Å². The van der Waals surface area contributed by atoms with E-state index in [0.717, 1.165) is 27.0 Å². The Kier molecular flexibility index (Phi) is 5.68. The molecular formula is C21H19BrN2O2. The van der Waals surface area contributed by atoms with Crippen molar-refractivity contribution >= 4 is 28.1 Å². The molecule has 26 heavy (non-hydrogen) atoms. The molecule has 0 spiro atoms. The lowest BCUT2D eigenvalue weighted by atomic mass is 10.0. The second kappa shape index (κ2) is 8.15. The lowest BCUT2D eigenvalue weighted by Crippen LogP contribution is -2.18. The van der Waals surface area contributed by atoms with Crippen LogP contribution in [0.3, 0.4) is 0 Å². The molecule has 0 amide bonds. The maximum Gasteiger partial charge on any atom is 0.254 e. The lowest BCUT2D eigenvalue weighted by molar-refractivity contribution is 0.414. The second-order valence-corrected chi connectivity index (χ2v) is 6.84. The Labute approximate surface area is 160 Å². The Morgan fingerprint density at radius 2 is 1.92 bits per heavy atom. The van der Waals surface area contributed by atoms with Gasteiger partial charge in [-0.3, -0.25) is 4.79 Å². The molecule has 0 saturated carbocycles. The summed E-state index contributed by atoms with van der Waals surface area (Å²) in [5.41, 5.74) is 3.37. The van der Waals surface area contributed by atoms with Gasteiger partial charge in [0.25, 0.3) is 5.56 Å². The molecule has 0 radical (unpaired) electrons. The molecule has 0 bridgehead atoms. The summed E-state index contributed by atoms with van der Waals surface area (Å²) in [6.45, 7) is 1.87. The van der Waals surface area contributed by atoms with Crippen LogP contribution in [0.5, 0.6) is 5.75 Å². The van der Waals surface area contributed by atoms with E-state index in [4.69, 9.17) is 4.74 Å². The number of aromatic nitrogens is 2. The third kappa shape index (κ3) is 4.49. The average molecular weight is 411 g/mol. The minimum absolute atomic E-state index is 0.109. The van der Waals surface area contributed by atoms with Crippen molar-refractivity contribution in [2.45, 2.75) is 13.3 Å². The summed E-state index contributed by atoms with van der Waals surface area (Å²) in [6, 6.07) is 15.6. The van der Waals surface area contributed by atoms with E-state index in [1.54, 1.807) is 7.11 Å². The van der Waals surface area contributed by atoms with Gasteiger partial charge in [0, 0.05) is 22.2 Å². The van der Waals surface area contributed by atoms with Crippen molar-refractivity contribution in [3.05, 3.63) is 91.6 Å². The summed E-state index contributed by atoms with van der Waals surface area (Å²) in [4.78, 5) is 19.9. The van der Waals surface area contributed by atoms with Crippen LogP contribution in [0.1, 0.15) is 28.2 Å². The normalized spacial score (nSPS) is 11.0. The quantitative estimate of drug-likeness (QED) is 0.667. The molecular weight excluding hydrogens is 392 g/mol. The predicted octanol–water partition coefficient (Wildman–Crippen LogP) is 4.61. The van der Waals surface area contributed by atoms with Crippen LogP contribution in [-0.2, 0) is 6.42 Å². The number of H-pyrrole nitrogens is 1. The zero-order chi connectivity index (χ0) is 18.5. The summed E-state index contributed by atoms with van der Waals surface area (Å²) in [6.07, 6.45) is 4.27. The molecule has 0 unspecified atom stereocenters. The van der Waals surface area contributed by atoms with Crippen LogP contribution in [0.2, 0.25) is 0 Å². The molecule has 0 aliphatic carbocycles. The van der Waals surface area contributed by atoms with Gasteiger partial charge in [0.2, 0.25) is 0 Å². The number of hydrogen-bond donors (Lipinski definition) is 1. The fourth-order valence-electron chi connectivity index (χ4n) is 2.65. The van der Waals surface area contributed by atoms with Crippen molar-refractivity contribution < 1.29 is 4.74 Å². The topological polar surface area (TPSA) is 55.0 Å². The molecule has 1 heterocycles. The molecule has 3 aromatic rings. The van der Waals surface area contributed by atoms with E-state index in [1.165, 1.54) is 0 Å². The van der Waals surface area contributed by atoms with Gasteiger partial charge in [-0.05, 0) is 48.4 Å². The third-order valence-electron chi connectivity index (χ3n) is 4.06. The smallest absolute Gasteiger partial charge is 0.254 e. The van der Waals surface area contributed by atoms with E-state index in [9.17, 15) is 4.79 Å². The summed E-state index contributed by atoms with van der Waals surface area (Å²) in [5.74, 6) is 1.34. The van der Waals surface area contributed by atoms with E-state index in [2.05, 4.69) is 25.9 Å². The highest BCUT2D eigenvalue weighted by Crippen LogP contribution is 2.16. The fourth-order valence-corrected chi connectivity index (χ4v) is 3.07. The number of nitrogens with one attached hydrogen (secondary N) is 1. The maximum atomic E-state index is 12.5. The molecule has 4 nitrogen and oxygen atoms in total. The predicted molar refractivity (Wildman–Crippen MR) is 108 cm³/mol. The molecule has 132 valence electrons. The van der Waals surface area contributed by atoms with Crippen LogP contribution in [-0.4, -0.2) is 17.1 Å². The van der Waals surface area contributed by atoms with Gasteiger partial charge in [-0.25, -0.2) is 4.98 Å². The first kappa shape index (κ1) is 18.1. The number of nitrogens with zero attached hydrogens (tertiary/aromatic N) is 1. The number of ether oxygens (including phenoxy) is 1. The van der Waals surface area contributed by atoms with Crippen molar-refractivity contribution in [1.82, 2.24) is 9.97 Å². The van der Waals surface area contributed by atoms with Gasteiger partial charge in [-0.2, -0.15) is 0 Å². The molecule has 2 aromatic carbocycles. The molecule has 0 saturated heterocycles. The minimum atomic E-state index is -0.109. The van der Waals surface area contributed by atoms with Crippen molar-refractivity contribution in [3.8, 4) is 5.75 Å². The first-order valence-electron chi connectivity index (χ1n) is 8.21. The second-order valence-electron chi connectivity index (χ2n) is 5.93. The Morgan fingerprint density at radius 1 is 1.15 bits per heavy atom. The van der Waals surface area contributed by atoms with E-state index >= 15 is 0 Å². The van der Waals surface area contributed by atoms with Crippen LogP contribution >= 0.6 is 15.9 Å². The van der Waals surface area contributed by atoms with Crippen LogP contribution in [0, 0.1) is 6.92 Å². The van der Waals surface area contributed by atoms with Crippen LogP contribution < -0.4 is 10.3 Å². The number of methoxy groups -OCH3 is 1. The van der Waals surface area contributed by atoms with Crippen LogP contribution in [0.4, 0.5) is 0 Å². The highest BCUT2D eigenvalue weighted by atomic mass is 79.9. The molecule has 0 atom stereocenters. The molecule has 0 fully saturated rings. The number of halogens is 1. The Hall–Kier alpha value is -2.66. The van der Waals surface area contributed by atoms with Crippen molar-refractivity contribution in [3.63, 3.8) is 0 Å². The fraction of sp³-hybridized carbons (Fsp3) is 0.143.